The van der Waals surface area contributed by atoms with Crippen LogP contribution in [0.15, 0.2) is 53.4 Å². The van der Waals surface area contributed by atoms with E-state index in [0.29, 0.717) is 18.7 Å². The predicted octanol–water partition coefficient (Wildman–Crippen LogP) is 1.86. The average molecular weight is 412 g/mol. The number of aryl methyl sites for hydroxylation is 1. The minimum absolute atomic E-state index is 0.0736. The minimum atomic E-state index is -3.65. The number of terminal acetylenes is 1. The maximum atomic E-state index is 12.8. The Bertz CT molecular complexity index is 1000. The third kappa shape index (κ3) is 5.45. The van der Waals surface area contributed by atoms with Crippen molar-refractivity contribution >= 4 is 15.9 Å². The fraction of sp³-hybridized carbons (Fsp3) is 0.318. The molecule has 0 aliphatic carbocycles. The van der Waals surface area contributed by atoms with Crippen LogP contribution in [0, 0.1) is 19.3 Å². The van der Waals surface area contributed by atoms with E-state index in [1.165, 1.54) is 23.3 Å². The number of carbonyl (C=O) groups excluding carboxylic acids is 1. The molecule has 0 spiro atoms. The molecule has 152 valence electrons. The second-order valence-corrected chi connectivity index (χ2v) is 8.88. The summed E-state index contributed by atoms with van der Waals surface area (Å²) in [5.41, 5.74) is 3.00. The molecule has 1 fully saturated rings. The van der Waals surface area contributed by atoms with Gasteiger partial charge in [-0.1, -0.05) is 35.7 Å². The second kappa shape index (κ2) is 9.23. The smallest absolute Gasteiger partial charge is 0.253 e. The number of rotatable bonds is 6. The highest BCUT2D eigenvalue weighted by Gasteiger charge is 2.23. The van der Waals surface area contributed by atoms with Gasteiger partial charge in [0.1, 0.15) is 0 Å². The van der Waals surface area contributed by atoms with Crippen molar-refractivity contribution in [3.8, 4) is 12.3 Å². The monoisotopic (exact) mass is 411 g/mol. The van der Waals surface area contributed by atoms with Gasteiger partial charge in [0.15, 0.2) is 0 Å². The third-order valence-electron chi connectivity index (χ3n) is 4.92. The Morgan fingerprint density at radius 3 is 2.41 bits per heavy atom. The SMILES string of the molecule is C#CCNS(=O)(=O)c1ccc(C(=O)N2CCN(Cc3cccc(C)c3)CC2)cc1. The summed E-state index contributed by atoms with van der Waals surface area (Å²) in [6.07, 6.45) is 5.09. The lowest BCUT2D eigenvalue weighted by molar-refractivity contribution is 0.0628. The summed E-state index contributed by atoms with van der Waals surface area (Å²) in [7, 11) is -3.65. The van der Waals surface area contributed by atoms with Crippen LogP contribution in [-0.2, 0) is 16.6 Å². The lowest BCUT2D eigenvalue weighted by Crippen LogP contribution is -2.48. The number of hydrogen-bond acceptors (Lipinski definition) is 4. The zero-order valence-electron chi connectivity index (χ0n) is 16.5. The quantitative estimate of drug-likeness (QED) is 0.737. The van der Waals surface area contributed by atoms with Crippen LogP contribution in [-0.4, -0.2) is 56.8 Å². The summed E-state index contributed by atoms with van der Waals surface area (Å²) in [6, 6.07) is 14.4. The molecule has 1 aliphatic heterocycles. The summed E-state index contributed by atoms with van der Waals surface area (Å²) in [5, 5.41) is 0. The van der Waals surface area contributed by atoms with Gasteiger partial charge >= 0.3 is 0 Å². The highest BCUT2D eigenvalue weighted by atomic mass is 32.2. The van der Waals surface area contributed by atoms with Gasteiger partial charge in [-0.2, -0.15) is 4.72 Å². The minimum Gasteiger partial charge on any atom is -0.336 e. The largest absolute Gasteiger partial charge is 0.336 e. The maximum absolute atomic E-state index is 12.8. The number of amides is 1. The van der Waals surface area contributed by atoms with Gasteiger partial charge in [0.25, 0.3) is 5.91 Å². The van der Waals surface area contributed by atoms with Crippen LogP contribution in [0.2, 0.25) is 0 Å². The van der Waals surface area contributed by atoms with E-state index in [0.717, 1.165) is 19.6 Å². The van der Waals surface area contributed by atoms with Gasteiger partial charge in [0.05, 0.1) is 11.4 Å². The number of piperazine rings is 1. The fourth-order valence-electron chi connectivity index (χ4n) is 3.36. The molecule has 0 bridgehead atoms. The molecule has 3 rings (SSSR count). The van der Waals surface area contributed by atoms with E-state index in [2.05, 4.69) is 46.7 Å². The van der Waals surface area contributed by atoms with Crippen molar-refractivity contribution in [3.05, 3.63) is 65.2 Å². The molecule has 0 radical (unpaired) electrons. The van der Waals surface area contributed by atoms with Crippen molar-refractivity contribution in [1.29, 1.82) is 0 Å². The molecule has 0 atom stereocenters. The summed E-state index contributed by atoms with van der Waals surface area (Å²) in [4.78, 5) is 17.0. The Morgan fingerprint density at radius 2 is 1.79 bits per heavy atom. The van der Waals surface area contributed by atoms with Crippen LogP contribution in [0.25, 0.3) is 0 Å². The number of sulfonamides is 1. The van der Waals surface area contributed by atoms with E-state index >= 15 is 0 Å². The van der Waals surface area contributed by atoms with Gasteiger partial charge in [0.2, 0.25) is 10.0 Å². The van der Waals surface area contributed by atoms with Crippen LogP contribution in [0.3, 0.4) is 0 Å². The summed E-state index contributed by atoms with van der Waals surface area (Å²) in [6.45, 7) is 5.80. The molecular formula is C22H25N3O3S. The van der Waals surface area contributed by atoms with Gasteiger partial charge in [0, 0.05) is 38.3 Å². The highest BCUT2D eigenvalue weighted by Crippen LogP contribution is 2.15. The van der Waals surface area contributed by atoms with Crippen molar-refractivity contribution in [2.75, 3.05) is 32.7 Å². The fourth-order valence-corrected chi connectivity index (χ4v) is 4.29. The summed E-state index contributed by atoms with van der Waals surface area (Å²) >= 11 is 0. The van der Waals surface area contributed by atoms with Crippen molar-refractivity contribution in [3.63, 3.8) is 0 Å². The first kappa shape index (κ1) is 21.1. The number of nitrogens with one attached hydrogen (secondary N) is 1. The van der Waals surface area contributed by atoms with Crippen molar-refractivity contribution in [1.82, 2.24) is 14.5 Å². The van der Waals surface area contributed by atoms with Crippen LogP contribution in [0.5, 0.6) is 0 Å². The molecule has 29 heavy (non-hydrogen) atoms. The predicted molar refractivity (Wildman–Crippen MR) is 113 cm³/mol. The molecule has 1 aliphatic rings. The van der Waals surface area contributed by atoms with E-state index in [1.54, 1.807) is 12.1 Å². The van der Waals surface area contributed by atoms with E-state index in [9.17, 15) is 13.2 Å². The lowest BCUT2D eigenvalue weighted by atomic mass is 10.1. The molecule has 6 nitrogen and oxygen atoms in total. The third-order valence-corrected chi connectivity index (χ3v) is 6.34. The Balaban J connectivity index is 1.57. The second-order valence-electron chi connectivity index (χ2n) is 7.11. The molecule has 2 aromatic rings. The van der Waals surface area contributed by atoms with Crippen molar-refractivity contribution in [2.45, 2.75) is 18.4 Å². The normalized spacial score (nSPS) is 15.1. The number of carbonyl (C=O) groups is 1. The first-order chi connectivity index (χ1) is 13.9. The zero-order valence-corrected chi connectivity index (χ0v) is 17.3. The first-order valence-corrected chi connectivity index (χ1v) is 11.0. The van der Waals surface area contributed by atoms with E-state index < -0.39 is 10.0 Å². The molecule has 0 unspecified atom stereocenters. The van der Waals surface area contributed by atoms with Gasteiger partial charge in [-0.05, 0) is 36.8 Å². The van der Waals surface area contributed by atoms with E-state index in [4.69, 9.17) is 6.42 Å². The molecule has 0 saturated carbocycles. The Kier molecular flexibility index (Phi) is 6.70. The highest BCUT2D eigenvalue weighted by molar-refractivity contribution is 7.89. The maximum Gasteiger partial charge on any atom is 0.253 e. The number of nitrogens with zero attached hydrogens (tertiary/aromatic N) is 2. The molecule has 1 saturated heterocycles. The van der Waals surface area contributed by atoms with Gasteiger partial charge in [-0.25, -0.2) is 8.42 Å². The number of benzene rings is 2. The van der Waals surface area contributed by atoms with Gasteiger partial charge < -0.3 is 4.90 Å². The van der Waals surface area contributed by atoms with E-state index in [1.807, 2.05) is 4.90 Å². The Morgan fingerprint density at radius 1 is 1.10 bits per heavy atom. The van der Waals surface area contributed by atoms with Crippen LogP contribution >= 0.6 is 0 Å². The van der Waals surface area contributed by atoms with Crippen molar-refractivity contribution < 1.29 is 13.2 Å². The lowest BCUT2D eigenvalue weighted by Gasteiger charge is -2.34. The van der Waals surface area contributed by atoms with Crippen LogP contribution in [0.1, 0.15) is 21.5 Å². The first-order valence-electron chi connectivity index (χ1n) is 9.49. The van der Waals surface area contributed by atoms with E-state index in [-0.39, 0.29) is 17.3 Å². The molecule has 2 aromatic carbocycles. The van der Waals surface area contributed by atoms with Crippen molar-refractivity contribution in [2.24, 2.45) is 0 Å². The van der Waals surface area contributed by atoms with Crippen LogP contribution < -0.4 is 4.72 Å². The number of hydrogen-bond donors (Lipinski definition) is 1. The zero-order chi connectivity index (χ0) is 20.9. The molecule has 1 heterocycles. The Labute approximate surface area is 172 Å². The standard InChI is InChI=1S/C22H25N3O3S/c1-3-11-23-29(27,28)21-9-7-20(8-10-21)22(26)25-14-12-24(13-15-25)17-19-6-4-5-18(2)16-19/h1,4-10,16,23H,11-15,17H2,2H3. The topological polar surface area (TPSA) is 69.7 Å². The van der Waals surface area contributed by atoms with Gasteiger partial charge in [-0.3, -0.25) is 9.69 Å². The van der Waals surface area contributed by atoms with Gasteiger partial charge in [-0.15, -0.1) is 6.42 Å². The molecule has 0 aromatic heterocycles. The summed E-state index contributed by atoms with van der Waals surface area (Å²) in [5.74, 6) is 2.15. The molecular weight excluding hydrogens is 386 g/mol. The average Bonchev–Trinajstić information content (AvgIpc) is 2.72. The summed E-state index contributed by atoms with van der Waals surface area (Å²) < 4.78 is 26.4. The Hall–Kier alpha value is -2.66. The molecule has 7 heteroatoms. The van der Waals surface area contributed by atoms with Crippen LogP contribution in [0.4, 0.5) is 0 Å². The molecule has 1 amide bonds. The molecule has 1 N–H and O–H groups in total.